The van der Waals surface area contributed by atoms with Crippen LogP contribution in [0.5, 0.6) is 0 Å². The maximum Gasteiger partial charge on any atom is 0.410 e. The van der Waals surface area contributed by atoms with Crippen molar-refractivity contribution in [3.05, 3.63) is 59.8 Å². The van der Waals surface area contributed by atoms with Gasteiger partial charge in [0.05, 0.1) is 6.04 Å². The number of ether oxygens (including phenoxy) is 1. The number of anilines is 1. The van der Waals surface area contributed by atoms with Gasteiger partial charge in [0.1, 0.15) is 12.4 Å². The number of amides is 1. The molecule has 1 aliphatic rings. The van der Waals surface area contributed by atoms with Crippen LogP contribution in [0.4, 0.5) is 10.6 Å². The number of carbonyl (C=O) groups is 1. The molecule has 2 aromatic rings. The van der Waals surface area contributed by atoms with Crippen molar-refractivity contribution >= 4 is 11.9 Å². The first-order valence-electron chi connectivity index (χ1n) is 9.95. The van der Waals surface area contributed by atoms with E-state index in [1.165, 1.54) is 0 Å². The first-order valence-corrected chi connectivity index (χ1v) is 9.95. The van der Waals surface area contributed by atoms with Crippen LogP contribution >= 0.6 is 0 Å². The van der Waals surface area contributed by atoms with Crippen LogP contribution in [0, 0.1) is 0 Å². The van der Waals surface area contributed by atoms with Crippen molar-refractivity contribution in [1.29, 1.82) is 0 Å². The van der Waals surface area contributed by atoms with Crippen LogP contribution in [0.2, 0.25) is 0 Å². The number of pyridine rings is 1. The van der Waals surface area contributed by atoms with E-state index in [4.69, 9.17) is 4.74 Å². The van der Waals surface area contributed by atoms with Gasteiger partial charge in [-0.15, -0.1) is 0 Å². The molecule has 144 valence electrons. The zero-order chi connectivity index (χ0) is 18.9. The monoisotopic (exact) mass is 367 g/mol. The number of rotatable bonds is 7. The maximum atomic E-state index is 12.7. The zero-order valence-corrected chi connectivity index (χ0v) is 16.1. The smallest absolute Gasteiger partial charge is 0.410 e. The van der Waals surface area contributed by atoms with Crippen LogP contribution in [0.25, 0.3) is 0 Å². The lowest BCUT2D eigenvalue weighted by atomic mass is 9.97. The third-order valence-electron chi connectivity index (χ3n) is 4.95. The van der Waals surface area contributed by atoms with E-state index in [1.807, 2.05) is 47.5 Å². The predicted molar refractivity (Wildman–Crippen MR) is 108 cm³/mol. The summed E-state index contributed by atoms with van der Waals surface area (Å²) in [4.78, 5) is 19.0. The van der Waals surface area contributed by atoms with Crippen molar-refractivity contribution in [1.82, 2.24) is 9.88 Å². The standard InChI is InChI=1S/C22H29N3O2/c1-2-3-14-23-21-13-12-19(16-24-21)20-11-7-8-15-25(20)22(26)27-17-18-9-5-4-6-10-18/h4-6,9-10,12-13,16,20H,2-3,7-8,11,14-15,17H2,1H3,(H,23,24)/t20-/m0/s1. The zero-order valence-electron chi connectivity index (χ0n) is 16.1. The lowest BCUT2D eigenvalue weighted by Gasteiger charge is -2.35. The molecule has 3 rings (SSSR count). The summed E-state index contributed by atoms with van der Waals surface area (Å²) in [5.74, 6) is 0.890. The number of hydrogen-bond donors (Lipinski definition) is 1. The number of hydrogen-bond acceptors (Lipinski definition) is 4. The topological polar surface area (TPSA) is 54.5 Å². The highest BCUT2D eigenvalue weighted by molar-refractivity contribution is 5.68. The van der Waals surface area contributed by atoms with E-state index in [0.717, 1.165) is 62.1 Å². The Morgan fingerprint density at radius 2 is 2.07 bits per heavy atom. The van der Waals surface area contributed by atoms with E-state index in [9.17, 15) is 4.79 Å². The fourth-order valence-corrected chi connectivity index (χ4v) is 3.40. The lowest BCUT2D eigenvalue weighted by Crippen LogP contribution is -2.38. The molecule has 1 aliphatic heterocycles. The highest BCUT2D eigenvalue weighted by Gasteiger charge is 2.29. The molecule has 1 N–H and O–H groups in total. The quantitative estimate of drug-likeness (QED) is 0.687. The minimum Gasteiger partial charge on any atom is -0.445 e. The molecule has 1 aromatic carbocycles. The van der Waals surface area contributed by atoms with Crippen molar-refractivity contribution < 1.29 is 9.53 Å². The van der Waals surface area contributed by atoms with Crippen LogP contribution in [-0.4, -0.2) is 29.1 Å². The Morgan fingerprint density at radius 3 is 2.81 bits per heavy atom. The Hall–Kier alpha value is -2.56. The summed E-state index contributed by atoms with van der Waals surface area (Å²) >= 11 is 0. The van der Waals surface area contributed by atoms with Crippen LogP contribution in [0.3, 0.4) is 0 Å². The largest absolute Gasteiger partial charge is 0.445 e. The number of nitrogens with zero attached hydrogens (tertiary/aromatic N) is 2. The molecule has 1 saturated heterocycles. The van der Waals surface area contributed by atoms with E-state index in [1.54, 1.807) is 0 Å². The van der Waals surface area contributed by atoms with Gasteiger partial charge in [0.15, 0.2) is 0 Å². The van der Waals surface area contributed by atoms with Gasteiger partial charge in [-0.2, -0.15) is 0 Å². The van der Waals surface area contributed by atoms with Crippen molar-refractivity contribution in [2.45, 2.75) is 51.7 Å². The summed E-state index contributed by atoms with van der Waals surface area (Å²) in [5, 5.41) is 3.33. The fourth-order valence-electron chi connectivity index (χ4n) is 3.40. The second-order valence-electron chi connectivity index (χ2n) is 7.00. The Kier molecular flexibility index (Phi) is 7.08. The van der Waals surface area contributed by atoms with Gasteiger partial charge in [0, 0.05) is 19.3 Å². The van der Waals surface area contributed by atoms with Gasteiger partial charge in [-0.25, -0.2) is 9.78 Å². The van der Waals surface area contributed by atoms with Crippen molar-refractivity contribution in [3.8, 4) is 0 Å². The van der Waals surface area contributed by atoms with Crippen LogP contribution < -0.4 is 5.32 Å². The molecule has 0 saturated carbocycles. The molecule has 0 bridgehead atoms. The van der Waals surface area contributed by atoms with E-state index in [0.29, 0.717) is 6.61 Å². The summed E-state index contributed by atoms with van der Waals surface area (Å²) < 4.78 is 5.56. The SMILES string of the molecule is CCCCNc1ccc([C@@H]2CCCCN2C(=O)OCc2ccccc2)cn1. The van der Waals surface area contributed by atoms with Gasteiger partial charge in [-0.1, -0.05) is 49.7 Å². The van der Waals surface area contributed by atoms with Gasteiger partial charge in [-0.3, -0.25) is 0 Å². The number of nitrogens with one attached hydrogen (secondary N) is 1. The molecule has 5 nitrogen and oxygen atoms in total. The summed E-state index contributed by atoms with van der Waals surface area (Å²) in [6.07, 6.45) is 7.02. The second kappa shape index (κ2) is 9.95. The molecule has 2 heterocycles. The Balaban J connectivity index is 1.61. The van der Waals surface area contributed by atoms with Crippen molar-refractivity contribution in [3.63, 3.8) is 0 Å². The van der Waals surface area contributed by atoms with Crippen molar-refractivity contribution in [2.24, 2.45) is 0 Å². The molecule has 0 unspecified atom stereocenters. The van der Waals surface area contributed by atoms with Gasteiger partial charge >= 0.3 is 6.09 Å². The average molecular weight is 367 g/mol. The number of aromatic nitrogens is 1. The number of carbonyl (C=O) groups excluding carboxylic acids is 1. The van der Waals surface area contributed by atoms with Crippen molar-refractivity contribution in [2.75, 3.05) is 18.4 Å². The molecular weight excluding hydrogens is 338 g/mol. The second-order valence-corrected chi connectivity index (χ2v) is 7.00. The van der Waals surface area contributed by atoms with Crippen LogP contribution in [0.1, 0.15) is 56.2 Å². The molecule has 1 amide bonds. The maximum absolute atomic E-state index is 12.7. The van der Waals surface area contributed by atoms with Gasteiger partial charge in [-0.05, 0) is 42.9 Å². The number of likely N-dealkylation sites (tertiary alicyclic amines) is 1. The molecule has 0 radical (unpaired) electrons. The van der Waals surface area contributed by atoms with Crippen LogP contribution in [-0.2, 0) is 11.3 Å². The normalized spacial score (nSPS) is 16.8. The molecule has 0 spiro atoms. The fraction of sp³-hybridized carbons (Fsp3) is 0.455. The van der Waals surface area contributed by atoms with Gasteiger partial charge in [0.25, 0.3) is 0 Å². The highest BCUT2D eigenvalue weighted by Crippen LogP contribution is 2.31. The van der Waals surface area contributed by atoms with E-state index < -0.39 is 0 Å². The summed E-state index contributed by atoms with van der Waals surface area (Å²) in [7, 11) is 0. The lowest BCUT2D eigenvalue weighted by molar-refractivity contribution is 0.0678. The molecule has 0 aliphatic carbocycles. The first-order chi connectivity index (χ1) is 13.3. The summed E-state index contributed by atoms with van der Waals surface area (Å²) in [6, 6.07) is 13.9. The van der Waals surface area contributed by atoms with Gasteiger partial charge in [0.2, 0.25) is 0 Å². The number of unbranched alkanes of at least 4 members (excludes halogenated alkanes) is 1. The Labute approximate surface area is 161 Å². The minimum atomic E-state index is -0.242. The molecule has 5 heteroatoms. The summed E-state index contributed by atoms with van der Waals surface area (Å²) in [5.41, 5.74) is 2.08. The third-order valence-corrected chi connectivity index (χ3v) is 4.95. The number of benzene rings is 1. The summed E-state index contributed by atoms with van der Waals surface area (Å²) in [6.45, 7) is 4.15. The van der Waals surface area contributed by atoms with Gasteiger partial charge < -0.3 is 15.0 Å². The van der Waals surface area contributed by atoms with Crippen LogP contribution in [0.15, 0.2) is 48.7 Å². The number of piperidine rings is 1. The van der Waals surface area contributed by atoms with E-state index >= 15 is 0 Å². The van der Waals surface area contributed by atoms with E-state index in [2.05, 4.69) is 23.3 Å². The van der Waals surface area contributed by atoms with E-state index in [-0.39, 0.29) is 12.1 Å². The average Bonchev–Trinajstić information content (AvgIpc) is 2.73. The molecule has 1 fully saturated rings. The Morgan fingerprint density at radius 1 is 1.22 bits per heavy atom. The minimum absolute atomic E-state index is 0.0409. The molecule has 1 aromatic heterocycles. The third kappa shape index (κ3) is 5.46. The Bertz CT molecular complexity index is 703. The molecule has 27 heavy (non-hydrogen) atoms. The molecule has 1 atom stereocenters. The highest BCUT2D eigenvalue weighted by atomic mass is 16.6. The molecular formula is C22H29N3O2. The first kappa shape index (κ1) is 19.2. The predicted octanol–water partition coefficient (Wildman–Crippen LogP) is 5.16.